The van der Waals surface area contributed by atoms with Crippen LogP contribution in [0.5, 0.6) is 0 Å². The monoisotopic (exact) mass is 443 g/mol. The third-order valence-electron chi connectivity index (χ3n) is 4.75. The Morgan fingerprint density at radius 1 is 1.22 bits per heavy atom. The van der Waals surface area contributed by atoms with Crippen molar-refractivity contribution in [1.29, 1.82) is 0 Å². The Kier molecular flexibility index (Phi) is 5.56. The molecule has 1 amide bonds. The normalized spacial score (nSPS) is 11.7. The van der Waals surface area contributed by atoms with E-state index in [9.17, 15) is 9.18 Å². The molecular formula is C21H20F3N7O. The second-order valence-electron chi connectivity index (χ2n) is 7.34. The molecule has 0 saturated carbocycles. The Morgan fingerprint density at radius 2 is 1.97 bits per heavy atom. The van der Waals surface area contributed by atoms with Crippen LogP contribution in [0, 0.1) is 12.7 Å². The third kappa shape index (κ3) is 4.41. The van der Waals surface area contributed by atoms with E-state index < -0.39 is 23.1 Å². The van der Waals surface area contributed by atoms with Crippen LogP contribution in [0.2, 0.25) is 0 Å². The fraction of sp³-hybridized carbons (Fsp3) is 0.238. The number of anilines is 2. The topological polar surface area (TPSA) is 100 Å². The summed E-state index contributed by atoms with van der Waals surface area (Å²) in [6.45, 7) is 3.61. The van der Waals surface area contributed by atoms with Gasteiger partial charge in [0, 0.05) is 37.0 Å². The van der Waals surface area contributed by atoms with Gasteiger partial charge in [-0.3, -0.25) is 9.89 Å². The molecule has 4 aromatic rings. The van der Waals surface area contributed by atoms with Gasteiger partial charge in [-0.05, 0) is 49.2 Å². The SMILES string of the molecule is CC(=O)NCCc1cc2c(Nc3cc(C)[nH]n3)nc(C(F)(F)c3ccc(F)cc3)nn2c1. The minimum absolute atomic E-state index is 0.133. The summed E-state index contributed by atoms with van der Waals surface area (Å²) in [5.74, 6) is -4.57. The molecule has 0 atom stereocenters. The molecule has 0 radical (unpaired) electrons. The average Bonchev–Trinajstić information content (AvgIpc) is 3.33. The Balaban J connectivity index is 1.77. The van der Waals surface area contributed by atoms with Gasteiger partial charge in [0.2, 0.25) is 11.7 Å². The van der Waals surface area contributed by atoms with Crippen molar-refractivity contribution in [2.24, 2.45) is 0 Å². The van der Waals surface area contributed by atoms with Crippen molar-refractivity contribution in [3.05, 3.63) is 71.1 Å². The molecule has 1 aromatic carbocycles. The summed E-state index contributed by atoms with van der Waals surface area (Å²) in [7, 11) is 0. The molecule has 3 aromatic heterocycles. The van der Waals surface area contributed by atoms with Gasteiger partial charge in [0.25, 0.3) is 0 Å². The molecule has 4 rings (SSSR count). The van der Waals surface area contributed by atoms with Gasteiger partial charge in [-0.1, -0.05) is 0 Å². The number of rotatable bonds is 7. The van der Waals surface area contributed by atoms with Crippen molar-refractivity contribution in [1.82, 2.24) is 30.1 Å². The molecule has 166 valence electrons. The molecule has 11 heteroatoms. The maximum Gasteiger partial charge on any atom is 0.333 e. The Hall–Kier alpha value is -3.89. The molecule has 0 aliphatic rings. The zero-order valence-corrected chi connectivity index (χ0v) is 17.3. The minimum Gasteiger partial charge on any atom is -0.356 e. The number of amides is 1. The first-order valence-corrected chi connectivity index (χ1v) is 9.79. The number of nitrogens with zero attached hydrogens (tertiary/aromatic N) is 4. The van der Waals surface area contributed by atoms with E-state index in [2.05, 4.69) is 30.9 Å². The second kappa shape index (κ2) is 8.33. The number of benzene rings is 1. The van der Waals surface area contributed by atoms with Gasteiger partial charge < -0.3 is 10.6 Å². The molecule has 32 heavy (non-hydrogen) atoms. The highest BCUT2D eigenvalue weighted by Crippen LogP contribution is 2.35. The van der Waals surface area contributed by atoms with Crippen molar-refractivity contribution < 1.29 is 18.0 Å². The van der Waals surface area contributed by atoms with Gasteiger partial charge in [-0.15, -0.1) is 5.10 Å². The fourth-order valence-electron chi connectivity index (χ4n) is 3.19. The number of nitrogens with one attached hydrogen (secondary N) is 3. The summed E-state index contributed by atoms with van der Waals surface area (Å²) in [5.41, 5.74) is 1.58. The lowest BCUT2D eigenvalue weighted by Gasteiger charge is -2.16. The second-order valence-corrected chi connectivity index (χ2v) is 7.34. The maximum absolute atomic E-state index is 15.2. The van der Waals surface area contributed by atoms with Crippen LogP contribution in [0.25, 0.3) is 5.52 Å². The molecule has 3 heterocycles. The summed E-state index contributed by atoms with van der Waals surface area (Å²) in [4.78, 5) is 15.2. The van der Waals surface area contributed by atoms with Gasteiger partial charge in [0.15, 0.2) is 11.6 Å². The third-order valence-corrected chi connectivity index (χ3v) is 4.75. The Labute approximate surface area is 180 Å². The van der Waals surface area contributed by atoms with Gasteiger partial charge in [0.1, 0.15) is 11.3 Å². The van der Waals surface area contributed by atoms with Crippen LogP contribution >= 0.6 is 0 Å². The number of fused-ring (bicyclic) bond motifs is 1. The van der Waals surface area contributed by atoms with Gasteiger partial charge in [-0.25, -0.2) is 13.9 Å². The number of hydrogen-bond acceptors (Lipinski definition) is 5. The Bertz CT molecular complexity index is 1260. The minimum atomic E-state index is -3.57. The van der Waals surface area contributed by atoms with Gasteiger partial charge in [0.05, 0.1) is 0 Å². The molecular weight excluding hydrogens is 423 g/mol. The molecule has 8 nitrogen and oxygen atoms in total. The summed E-state index contributed by atoms with van der Waals surface area (Å²) >= 11 is 0. The number of H-pyrrole nitrogens is 1. The van der Waals surface area contributed by atoms with E-state index in [1.165, 1.54) is 11.4 Å². The van der Waals surface area contributed by atoms with E-state index in [0.717, 1.165) is 35.5 Å². The zero-order valence-electron chi connectivity index (χ0n) is 17.3. The Morgan fingerprint density at radius 3 is 2.62 bits per heavy atom. The first-order valence-electron chi connectivity index (χ1n) is 9.79. The van der Waals surface area contributed by atoms with Crippen LogP contribution in [-0.2, 0) is 17.1 Å². The fourth-order valence-corrected chi connectivity index (χ4v) is 3.19. The molecule has 0 unspecified atom stereocenters. The number of hydrogen-bond donors (Lipinski definition) is 3. The molecule has 3 N–H and O–H groups in total. The predicted octanol–water partition coefficient (Wildman–Crippen LogP) is 3.46. The summed E-state index contributed by atoms with van der Waals surface area (Å²) in [5, 5.41) is 16.5. The largest absolute Gasteiger partial charge is 0.356 e. The van der Waals surface area contributed by atoms with Crippen LogP contribution in [0.15, 0.2) is 42.6 Å². The van der Waals surface area contributed by atoms with Crippen molar-refractivity contribution in [3.8, 4) is 0 Å². The van der Waals surface area contributed by atoms with E-state index >= 15 is 8.78 Å². The number of alkyl halides is 2. The number of carbonyl (C=O) groups excluding carboxylic acids is 1. The molecule has 0 aliphatic heterocycles. The summed E-state index contributed by atoms with van der Waals surface area (Å²) < 4.78 is 45.0. The molecule has 0 fully saturated rings. The van der Waals surface area contributed by atoms with Crippen LogP contribution in [0.3, 0.4) is 0 Å². The van der Waals surface area contributed by atoms with Crippen molar-refractivity contribution in [2.75, 3.05) is 11.9 Å². The van der Waals surface area contributed by atoms with E-state index in [-0.39, 0.29) is 11.7 Å². The van der Waals surface area contributed by atoms with E-state index in [0.29, 0.717) is 24.3 Å². The van der Waals surface area contributed by atoms with Crippen LogP contribution < -0.4 is 10.6 Å². The number of aromatic amines is 1. The van der Waals surface area contributed by atoms with Crippen LogP contribution in [0.1, 0.15) is 29.6 Å². The predicted molar refractivity (Wildman–Crippen MR) is 111 cm³/mol. The molecule has 0 spiro atoms. The quantitative estimate of drug-likeness (QED) is 0.406. The number of halogens is 3. The lowest BCUT2D eigenvalue weighted by Crippen LogP contribution is -2.22. The van der Waals surface area contributed by atoms with E-state index in [1.54, 1.807) is 25.3 Å². The van der Waals surface area contributed by atoms with E-state index in [1.807, 2.05) is 0 Å². The summed E-state index contributed by atoms with van der Waals surface area (Å²) in [6, 6.07) is 7.39. The number of carbonyl (C=O) groups is 1. The number of aryl methyl sites for hydroxylation is 1. The zero-order chi connectivity index (χ0) is 22.9. The first kappa shape index (κ1) is 21.3. The molecule has 0 aliphatic carbocycles. The number of aromatic nitrogens is 5. The molecule has 0 bridgehead atoms. The van der Waals surface area contributed by atoms with Crippen molar-refractivity contribution in [2.45, 2.75) is 26.2 Å². The highest BCUT2D eigenvalue weighted by Gasteiger charge is 2.39. The lowest BCUT2D eigenvalue weighted by atomic mass is 10.1. The van der Waals surface area contributed by atoms with Crippen molar-refractivity contribution >= 4 is 23.1 Å². The van der Waals surface area contributed by atoms with E-state index in [4.69, 9.17) is 0 Å². The smallest absolute Gasteiger partial charge is 0.333 e. The maximum atomic E-state index is 15.2. The van der Waals surface area contributed by atoms with Crippen LogP contribution in [-0.4, -0.2) is 37.2 Å². The average molecular weight is 443 g/mol. The summed E-state index contributed by atoms with van der Waals surface area (Å²) in [6.07, 6.45) is 2.08. The first-order chi connectivity index (χ1) is 15.2. The van der Waals surface area contributed by atoms with Gasteiger partial charge in [-0.2, -0.15) is 13.9 Å². The molecule has 0 saturated heterocycles. The standard InChI is InChI=1S/C21H20F3N7O/c1-12-9-18(29-28-12)26-19-17-10-14(7-8-25-13(2)32)11-31(17)30-20(27-19)21(23,24)15-3-5-16(22)6-4-15/h3-6,9-11H,7-8H2,1-2H3,(H,25,32)(H2,26,27,28,29,30). The van der Waals surface area contributed by atoms with Crippen molar-refractivity contribution in [3.63, 3.8) is 0 Å². The highest BCUT2D eigenvalue weighted by atomic mass is 19.3. The van der Waals surface area contributed by atoms with Gasteiger partial charge >= 0.3 is 5.92 Å². The lowest BCUT2D eigenvalue weighted by molar-refractivity contribution is -0.118. The highest BCUT2D eigenvalue weighted by molar-refractivity contribution is 5.74. The van der Waals surface area contributed by atoms with Crippen LogP contribution in [0.4, 0.5) is 24.8 Å².